The summed E-state index contributed by atoms with van der Waals surface area (Å²) in [7, 11) is 0. The molecular weight excluding hydrogens is 122 g/mol. The summed E-state index contributed by atoms with van der Waals surface area (Å²) in [6.07, 6.45) is 9.32. The van der Waals surface area contributed by atoms with Crippen LogP contribution in [0.1, 0.15) is 17.7 Å². The van der Waals surface area contributed by atoms with E-state index in [1.807, 2.05) is 6.07 Å². The van der Waals surface area contributed by atoms with Gasteiger partial charge in [0.2, 0.25) is 0 Å². The van der Waals surface area contributed by atoms with E-state index in [-0.39, 0.29) is 0 Å². The molecule has 0 amide bonds. The molecule has 1 heterocycles. The predicted molar refractivity (Wildman–Crippen MR) is 40.4 cm³/mol. The summed E-state index contributed by atoms with van der Waals surface area (Å²) in [4.78, 5) is 4.11. The molecule has 0 aliphatic heterocycles. The van der Waals surface area contributed by atoms with Crippen LogP contribution in [0.25, 0.3) is 6.08 Å². The van der Waals surface area contributed by atoms with Gasteiger partial charge in [-0.3, -0.25) is 0 Å². The molecule has 0 N–H and O–H groups in total. The first-order chi connectivity index (χ1) is 4.97. The molecule has 0 unspecified atom stereocenters. The molecule has 2 rings (SSSR count). The zero-order valence-corrected chi connectivity index (χ0v) is 5.67. The Morgan fingerprint density at radius 2 is 2.50 bits per heavy atom. The molecular formula is C9H8N. The lowest BCUT2D eigenvalue weighted by molar-refractivity contribution is 0.963. The molecule has 0 saturated heterocycles. The van der Waals surface area contributed by atoms with Crippen molar-refractivity contribution in [1.29, 1.82) is 0 Å². The van der Waals surface area contributed by atoms with E-state index in [1.165, 1.54) is 5.56 Å². The topological polar surface area (TPSA) is 12.9 Å². The fourth-order valence-electron chi connectivity index (χ4n) is 1.19. The molecule has 0 fully saturated rings. The third-order valence-electron chi connectivity index (χ3n) is 1.73. The summed E-state index contributed by atoms with van der Waals surface area (Å²) in [6.45, 7) is 0. The van der Waals surface area contributed by atoms with Crippen LogP contribution < -0.4 is 0 Å². The highest BCUT2D eigenvalue weighted by molar-refractivity contribution is 5.51. The Labute approximate surface area is 60.4 Å². The SMILES string of the molecule is [c]1ccc2c(n1)C=CCC2. The number of nitrogens with zero attached hydrogens (tertiary/aromatic N) is 1. The van der Waals surface area contributed by atoms with Crippen LogP contribution in [0.2, 0.25) is 0 Å². The number of pyridine rings is 1. The second-order valence-electron chi connectivity index (χ2n) is 2.43. The summed E-state index contributed by atoms with van der Waals surface area (Å²) in [5, 5.41) is 0. The summed E-state index contributed by atoms with van der Waals surface area (Å²) in [5.74, 6) is 0. The minimum atomic E-state index is 1.09. The number of fused-ring (bicyclic) bond motifs is 1. The average Bonchev–Trinajstić information content (AvgIpc) is 2.05. The van der Waals surface area contributed by atoms with Crippen LogP contribution >= 0.6 is 0 Å². The molecule has 0 spiro atoms. The van der Waals surface area contributed by atoms with Crippen LogP contribution in [-0.4, -0.2) is 4.98 Å². The van der Waals surface area contributed by atoms with Gasteiger partial charge in [-0.1, -0.05) is 12.1 Å². The Morgan fingerprint density at radius 1 is 1.50 bits per heavy atom. The molecule has 1 aliphatic carbocycles. The Balaban J connectivity index is 2.54. The van der Waals surface area contributed by atoms with E-state index in [9.17, 15) is 0 Å². The number of aromatic nitrogens is 1. The first-order valence-electron chi connectivity index (χ1n) is 3.49. The van der Waals surface area contributed by atoms with Gasteiger partial charge in [0.15, 0.2) is 0 Å². The number of hydrogen-bond acceptors (Lipinski definition) is 1. The van der Waals surface area contributed by atoms with Crippen molar-refractivity contribution in [2.75, 3.05) is 0 Å². The Morgan fingerprint density at radius 3 is 3.40 bits per heavy atom. The van der Waals surface area contributed by atoms with E-state index in [4.69, 9.17) is 0 Å². The van der Waals surface area contributed by atoms with Crippen molar-refractivity contribution < 1.29 is 0 Å². The monoisotopic (exact) mass is 130 g/mol. The van der Waals surface area contributed by atoms with Crippen LogP contribution in [0, 0.1) is 6.20 Å². The summed E-state index contributed by atoms with van der Waals surface area (Å²) in [5.41, 5.74) is 2.44. The van der Waals surface area contributed by atoms with Gasteiger partial charge in [0.05, 0.1) is 11.9 Å². The van der Waals surface area contributed by atoms with Crippen molar-refractivity contribution in [3.05, 3.63) is 35.7 Å². The van der Waals surface area contributed by atoms with Gasteiger partial charge in [0.25, 0.3) is 0 Å². The highest BCUT2D eigenvalue weighted by atomic mass is 14.7. The lowest BCUT2D eigenvalue weighted by atomic mass is 10.0. The van der Waals surface area contributed by atoms with E-state index in [0.717, 1.165) is 18.5 Å². The van der Waals surface area contributed by atoms with Crippen LogP contribution in [0.15, 0.2) is 18.2 Å². The van der Waals surface area contributed by atoms with Crippen molar-refractivity contribution in [1.82, 2.24) is 4.98 Å². The average molecular weight is 130 g/mol. The molecule has 1 aromatic rings. The van der Waals surface area contributed by atoms with Crippen LogP contribution in [-0.2, 0) is 6.42 Å². The zero-order valence-electron chi connectivity index (χ0n) is 5.67. The second kappa shape index (κ2) is 2.25. The first kappa shape index (κ1) is 5.66. The lowest BCUT2D eigenvalue weighted by Crippen LogP contribution is -1.95. The number of rotatable bonds is 0. The van der Waals surface area contributed by atoms with Gasteiger partial charge < -0.3 is 0 Å². The van der Waals surface area contributed by atoms with Gasteiger partial charge >= 0.3 is 0 Å². The van der Waals surface area contributed by atoms with Crippen molar-refractivity contribution in [3.63, 3.8) is 0 Å². The van der Waals surface area contributed by atoms with Crippen molar-refractivity contribution >= 4 is 6.08 Å². The minimum absolute atomic E-state index is 1.09. The van der Waals surface area contributed by atoms with E-state index < -0.39 is 0 Å². The van der Waals surface area contributed by atoms with E-state index in [1.54, 1.807) is 0 Å². The van der Waals surface area contributed by atoms with Crippen LogP contribution in [0.3, 0.4) is 0 Å². The van der Waals surface area contributed by atoms with E-state index in [0.29, 0.717) is 0 Å². The van der Waals surface area contributed by atoms with Crippen molar-refractivity contribution in [2.24, 2.45) is 0 Å². The van der Waals surface area contributed by atoms with Crippen molar-refractivity contribution in [3.8, 4) is 0 Å². The second-order valence-corrected chi connectivity index (χ2v) is 2.43. The third-order valence-corrected chi connectivity index (χ3v) is 1.73. The van der Waals surface area contributed by atoms with Crippen molar-refractivity contribution in [2.45, 2.75) is 12.8 Å². The summed E-state index contributed by atoms with van der Waals surface area (Å²) >= 11 is 0. The smallest absolute Gasteiger partial charge is 0.0893 e. The predicted octanol–water partition coefficient (Wildman–Crippen LogP) is 1.84. The molecule has 10 heavy (non-hydrogen) atoms. The molecule has 0 aromatic carbocycles. The Hall–Kier alpha value is -1.11. The van der Waals surface area contributed by atoms with Gasteiger partial charge in [-0.2, -0.15) is 0 Å². The molecule has 0 atom stereocenters. The maximum Gasteiger partial charge on any atom is 0.0893 e. The minimum Gasteiger partial charge on any atom is -0.247 e. The maximum atomic E-state index is 4.11. The fraction of sp³-hybridized carbons (Fsp3) is 0.222. The van der Waals surface area contributed by atoms with E-state index >= 15 is 0 Å². The fourth-order valence-corrected chi connectivity index (χ4v) is 1.19. The molecule has 49 valence electrons. The zero-order chi connectivity index (χ0) is 6.81. The molecule has 1 heteroatoms. The van der Waals surface area contributed by atoms with Crippen LogP contribution in [0.5, 0.6) is 0 Å². The van der Waals surface area contributed by atoms with Gasteiger partial charge in [0, 0.05) is 0 Å². The maximum absolute atomic E-state index is 4.11. The van der Waals surface area contributed by atoms with Gasteiger partial charge in [-0.05, 0) is 30.5 Å². The summed E-state index contributed by atoms with van der Waals surface area (Å²) in [6, 6.07) is 3.96. The normalized spacial score (nSPS) is 14.8. The molecule has 1 nitrogen and oxygen atoms in total. The molecule has 1 radical (unpaired) electrons. The van der Waals surface area contributed by atoms with Gasteiger partial charge in [-0.15, -0.1) is 0 Å². The molecule has 1 aliphatic rings. The molecule has 1 aromatic heterocycles. The molecule has 0 bridgehead atoms. The third kappa shape index (κ3) is 0.838. The Bertz CT molecular complexity index is 263. The number of allylic oxidation sites excluding steroid dienone is 1. The number of hydrogen-bond donors (Lipinski definition) is 0. The lowest BCUT2D eigenvalue weighted by Gasteiger charge is -2.06. The highest BCUT2D eigenvalue weighted by Gasteiger charge is 2.02. The Kier molecular flexibility index (Phi) is 1.28. The quantitative estimate of drug-likeness (QED) is 0.522. The van der Waals surface area contributed by atoms with Gasteiger partial charge in [0.1, 0.15) is 0 Å². The summed E-state index contributed by atoms with van der Waals surface area (Å²) < 4.78 is 0. The first-order valence-corrected chi connectivity index (χ1v) is 3.49. The van der Waals surface area contributed by atoms with E-state index in [2.05, 4.69) is 29.4 Å². The van der Waals surface area contributed by atoms with Gasteiger partial charge in [-0.25, -0.2) is 4.98 Å². The number of aryl methyl sites for hydroxylation is 1. The largest absolute Gasteiger partial charge is 0.247 e. The highest BCUT2D eigenvalue weighted by Crippen LogP contribution is 2.14. The standard InChI is InChI=1S/C9H8N/c1-2-6-9-8(4-1)5-3-7-10-9/h2-3,5-6H,1,4H2. The molecule has 0 saturated carbocycles. The van der Waals surface area contributed by atoms with Crippen LogP contribution in [0.4, 0.5) is 0 Å².